The molecule has 1 amide bonds. The van der Waals surface area contributed by atoms with Crippen LogP contribution in [0.15, 0.2) is 22.7 Å². The fraction of sp³-hybridized carbons (Fsp3) is 0.588. The van der Waals surface area contributed by atoms with Crippen molar-refractivity contribution in [3.8, 4) is 0 Å². The molecule has 1 atom stereocenters. The van der Waals surface area contributed by atoms with Gasteiger partial charge in [0.1, 0.15) is 0 Å². The average molecular weight is 355 g/mol. The van der Waals surface area contributed by atoms with Crippen molar-refractivity contribution < 1.29 is 4.79 Å². The molecule has 1 unspecified atom stereocenters. The molecular weight excluding hydrogens is 328 g/mol. The van der Waals surface area contributed by atoms with Crippen molar-refractivity contribution in [2.75, 3.05) is 11.9 Å². The molecule has 4 heteroatoms. The Morgan fingerprint density at radius 1 is 1.33 bits per heavy atom. The van der Waals surface area contributed by atoms with Gasteiger partial charge < -0.3 is 11.1 Å². The van der Waals surface area contributed by atoms with Crippen LogP contribution >= 0.6 is 15.9 Å². The molecular formula is C17H27BrN2O. The molecule has 3 N–H and O–H groups in total. The Morgan fingerprint density at radius 2 is 2.05 bits per heavy atom. The standard InChI is InChI=1S/C17H27BrN2O/c1-4-13-11-15(18)6-7-16(13)20-17(21)8-5-14(9-10-19)12(2)3/h6-7,11-12,14H,4-5,8-10,19H2,1-3H3,(H,20,21). The highest BCUT2D eigenvalue weighted by molar-refractivity contribution is 9.10. The predicted molar refractivity (Wildman–Crippen MR) is 93.4 cm³/mol. The molecule has 0 heterocycles. The first-order chi connectivity index (χ1) is 9.97. The Morgan fingerprint density at radius 3 is 2.62 bits per heavy atom. The lowest BCUT2D eigenvalue weighted by Crippen LogP contribution is -2.18. The van der Waals surface area contributed by atoms with Crippen molar-refractivity contribution in [2.45, 2.75) is 46.5 Å². The summed E-state index contributed by atoms with van der Waals surface area (Å²) in [4.78, 5) is 12.1. The van der Waals surface area contributed by atoms with E-state index >= 15 is 0 Å². The third-order valence-electron chi connectivity index (χ3n) is 3.94. The van der Waals surface area contributed by atoms with Crippen LogP contribution < -0.4 is 11.1 Å². The van der Waals surface area contributed by atoms with E-state index in [-0.39, 0.29) is 5.91 Å². The van der Waals surface area contributed by atoms with Crippen molar-refractivity contribution in [2.24, 2.45) is 17.6 Å². The smallest absolute Gasteiger partial charge is 0.224 e. The van der Waals surface area contributed by atoms with Gasteiger partial charge in [-0.05, 0) is 61.4 Å². The van der Waals surface area contributed by atoms with Crippen molar-refractivity contribution >= 4 is 27.5 Å². The zero-order valence-corrected chi connectivity index (χ0v) is 14.9. The van der Waals surface area contributed by atoms with E-state index in [1.807, 2.05) is 12.1 Å². The number of anilines is 1. The average Bonchev–Trinajstić information content (AvgIpc) is 2.44. The number of nitrogens with one attached hydrogen (secondary N) is 1. The van der Waals surface area contributed by atoms with Crippen molar-refractivity contribution in [1.82, 2.24) is 0 Å². The molecule has 3 nitrogen and oxygen atoms in total. The van der Waals surface area contributed by atoms with E-state index in [4.69, 9.17) is 5.73 Å². The van der Waals surface area contributed by atoms with Crippen LogP contribution in [-0.2, 0) is 11.2 Å². The quantitative estimate of drug-likeness (QED) is 0.728. The molecule has 0 bridgehead atoms. The number of aryl methyl sites for hydroxylation is 1. The highest BCUT2D eigenvalue weighted by Crippen LogP contribution is 2.23. The highest BCUT2D eigenvalue weighted by Gasteiger charge is 2.15. The lowest BCUT2D eigenvalue weighted by atomic mass is 9.88. The molecule has 0 aliphatic heterocycles. The van der Waals surface area contributed by atoms with Crippen LogP contribution in [-0.4, -0.2) is 12.5 Å². The Kier molecular flexibility index (Phi) is 7.97. The Hall–Kier alpha value is -0.870. The number of halogens is 1. The minimum atomic E-state index is 0.0923. The van der Waals surface area contributed by atoms with E-state index in [2.05, 4.69) is 48.1 Å². The summed E-state index contributed by atoms with van der Waals surface area (Å²) in [5.74, 6) is 1.19. The summed E-state index contributed by atoms with van der Waals surface area (Å²) in [6.07, 6.45) is 3.35. The van der Waals surface area contributed by atoms with E-state index in [1.165, 1.54) is 0 Å². The van der Waals surface area contributed by atoms with Gasteiger partial charge in [-0.3, -0.25) is 4.79 Å². The van der Waals surface area contributed by atoms with Crippen LogP contribution in [0.1, 0.15) is 45.6 Å². The summed E-state index contributed by atoms with van der Waals surface area (Å²) < 4.78 is 1.04. The van der Waals surface area contributed by atoms with Gasteiger partial charge in [0.2, 0.25) is 5.91 Å². The van der Waals surface area contributed by atoms with Crippen molar-refractivity contribution in [3.63, 3.8) is 0 Å². The molecule has 1 aromatic carbocycles. The largest absolute Gasteiger partial charge is 0.330 e. The van der Waals surface area contributed by atoms with Crippen LogP contribution in [0.3, 0.4) is 0 Å². The van der Waals surface area contributed by atoms with E-state index in [0.29, 0.717) is 24.8 Å². The van der Waals surface area contributed by atoms with Gasteiger partial charge in [-0.25, -0.2) is 0 Å². The first kappa shape index (κ1) is 18.2. The van der Waals surface area contributed by atoms with Gasteiger partial charge in [0.15, 0.2) is 0 Å². The summed E-state index contributed by atoms with van der Waals surface area (Å²) in [5.41, 5.74) is 7.72. The zero-order valence-electron chi connectivity index (χ0n) is 13.3. The number of nitrogens with two attached hydrogens (primary N) is 1. The third kappa shape index (κ3) is 6.18. The number of hydrogen-bond acceptors (Lipinski definition) is 2. The normalized spacial score (nSPS) is 12.5. The van der Waals surface area contributed by atoms with Gasteiger partial charge in [0, 0.05) is 16.6 Å². The van der Waals surface area contributed by atoms with Gasteiger partial charge in [-0.1, -0.05) is 36.7 Å². The topological polar surface area (TPSA) is 55.1 Å². The van der Waals surface area contributed by atoms with Crippen molar-refractivity contribution in [3.05, 3.63) is 28.2 Å². The molecule has 0 saturated carbocycles. The van der Waals surface area contributed by atoms with E-state index in [0.717, 1.165) is 35.0 Å². The van der Waals surface area contributed by atoms with E-state index in [9.17, 15) is 4.79 Å². The van der Waals surface area contributed by atoms with Gasteiger partial charge in [0.05, 0.1) is 0 Å². The SMILES string of the molecule is CCc1cc(Br)ccc1NC(=O)CCC(CCN)C(C)C. The fourth-order valence-electron chi connectivity index (χ4n) is 2.53. The lowest BCUT2D eigenvalue weighted by Gasteiger charge is -2.20. The number of carbonyl (C=O) groups excluding carboxylic acids is 1. The molecule has 118 valence electrons. The fourth-order valence-corrected chi connectivity index (χ4v) is 2.94. The molecule has 0 radical (unpaired) electrons. The van der Waals surface area contributed by atoms with Crippen LogP contribution in [0.5, 0.6) is 0 Å². The Bertz CT molecular complexity index is 460. The summed E-state index contributed by atoms with van der Waals surface area (Å²) in [5, 5.41) is 3.03. The number of hydrogen-bond donors (Lipinski definition) is 2. The predicted octanol–water partition coefficient (Wildman–Crippen LogP) is 4.35. The molecule has 1 aromatic rings. The second kappa shape index (κ2) is 9.21. The Balaban J connectivity index is 2.57. The second-order valence-electron chi connectivity index (χ2n) is 5.82. The van der Waals surface area contributed by atoms with Crippen LogP contribution in [0.25, 0.3) is 0 Å². The second-order valence-corrected chi connectivity index (χ2v) is 6.74. The number of benzene rings is 1. The molecule has 0 fully saturated rings. The van der Waals surface area contributed by atoms with Crippen LogP contribution in [0.4, 0.5) is 5.69 Å². The molecule has 0 saturated heterocycles. The molecule has 0 spiro atoms. The molecule has 0 aliphatic carbocycles. The summed E-state index contributed by atoms with van der Waals surface area (Å²) >= 11 is 3.46. The molecule has 0 aliphatic rings. The first-order valence-electron chi connectivity index (χ1n) is 7.76. The van der Waals surface area contributed by atoms with Crippen LogP contribution in [0, 0.1) is 11.8 Å². The number of rotatable bonds is 8. The maximum absolute atomic E-state index is 12.1. The monoisotopic (exact) mass is 354 g/mol. The number of amides is 1. The maximum Gasteiger partial charge on any atom is 0.224 e. The third-order valence-corrected chi connectivity index (χ3v) is 4.44. The summed E-state index contributed by atoms with van der Waals surface area (Å²) in [7, 11) is 0. The van der Waals surface area contributed by atoms with Gasteiger partial charge in [0.25, 0.3) is 0 Å². The number of carbonyl (C=O) groups is 1. The lowest BCUT2D eigenvalue weighted by molar-refractivity contribution is -0.116. The van der Waals surface area contributed by atoms with Crippen LogP contribution in [0.2, 0.25) is 0 Å². The van der Waals surface area contributed by atoms with E-state index < -0.39 is 0 Å². The first-order valence-corrected chi connectivity index (χ1v) is 8.55. The van der Waals surface area contributed by atoms with Gasteiger partial charge in [-0.15, -0.1) is 0 Å². The molecule has 21 heavy (non-hydrogen) atoms. The molecule has 1 rings (SSSR count). The highest BCUT2D eigenvalue weighted by atomic mass is 79.9. The van der Waals surface area contributed by atoms with Gasteiger partial charge >= 0.3 is 0 Å². The minimum absolute atomic E-state index is 0.0923. The summed E-state index contributed by atoms with van der Waals surface area (Å²) in [6, 6.07) is 5.97. The maximum atomic E-state index is 12.1. The molecule has 0 aromatic heterocycles. The Labute approximate surface area is 136 Å². The van der Waals surface area contributed by atoms with E-state index in [1.54, 1.807) is 0 Å². The van der Waals surface area contributed by atoms with Crippen molar-refractivity contribution in [1.29, 1.82) is 0 Å². The zero-order chi connectivity index (χ0) is 15.8. The van der Waals surface area contributed by atoms with Gasteiger partial charge in [-0.2, -0.15) is 0 Å². The minimum Gasteiger partial charge on any atom is -0.330 e. The summed E-state index contributed by atoms with van der Waals surface area (Å²) in [6.45, 7) is 7.18.